The van der Waals surface area contributed by atoms with Gasteiger partial charge in [0.25, 0.3) is 23.6 Å². The van der Waals surface area contributed by atoms with Gasteiger partial charge in [-0.15, -0.1) is 22.7 Å². The molecule has 17 heteroatoms. The number of rotatable bonds is 15. The van der Waals surface area contributed by atoms with Gasteiger partial charge in [0.15, 0.2) is 13.2 Å². The van der Waals surface area contributed by atoms with E-state index in [0.717, 1.165) is 57.5 Å². The van der Waals surface area contributed by atoms with E-state index in [1.54, 1.807) is 27.7 Å². The van der Waals surface area contributed by atoms with E-state index in [0.29, 0.717) is 45.8 Å². The predicted octanol–water partition coefficient (Wildman–Crippen LogP) is 6.40. The molecule has 0 bridgehead atoms. The maximum Gasteiger partial charge on any atom is 0.341 e. The molecule has 6 rings (SSSR count). The standard InChI is InChI=1S/C43H49N3O12S2/c1-7-55-42(53)34-26-12-9-22(5)16-30(26)59-36(34)44-32(47)19-57-40(51)24-11-14-25-28(18-24)39(50)46(38(25)49)29(15-21(3)4)41(52)58-20-33(48)45-37-35(43(54)56-8-2)27-13-10-23(6)17-31(27)60-37/h11,14,18,21-23,29H,7-10,12-13,15-17,19-20H2,1-6H3,(H,44,47)(H,45,48). The predicted molar refractivity (Wildman–Crippen MR) is 222 cm³/mol. The van der Waals surface area contributed by atoms with Crippen LogP contribution < -0.4 is 10.6 Å². The van der Waals surface area contributed by atoms with Crippen LogP contribution >= 0.6 is 22.7 Å². The van der Waals surface area contributed by atoms with Crippen LogP contribution in [0, 0.1) is 17.8 Å². The third-order valence-corrected chi connectivity index (χ3v) is 12.9. The molecule has 1 aliphatic heterocycles. The average Bonchev–Trinajstić information content (AvgIpc) is 3.82. The van der Waals surface area contributed by atoms with Crippen LogP contribution in [0.5, 0.6) is 0 Å². The highest BCUT2D eigenvalue weighted by molar-refractivity contribution is 7.17. The molecule has 15 nitrogen and oxygen atoms in total. The van der Waals surface area contributed by atoms with Crippen LogP contribution in [0.1, 0.15) is 133 Å². The van der Waals surface area contributed by atoms with Crippen molar-refractivity contribution in [3.8, 4) is 0 Å². The van der Waals surface area contributed by atoms with Crippen LogP contribution in [0.25, 0.3) is 0 Å². The first-order valence-electron chi connectivity index (χ1n) is 20.2. The van der Waals surface area contributed by atoms with E-state index >= 15 is 0 Å². The van der Waals surface area contributed by atoms with Gasteiger partial charge < -0.3 is 29.6 Å². The molecule has 3 unspecified atom stereocenters. The Hall–Kier alpha value is -5.42. The number of anilines is 2. The second-order valence-corrected chi connectivity index (χ2v) is 17.9. The number of fused-ring (bicyclic) bond motifs is 3. The Morgan fingerprint density at radius 2 is 1.22 bits per heavy atom. The van der Waals surface area contributed by atoms with Crippen molar-refractivity contribution in [2.24, 2.45) is 17.8 Å². The van der Waals surface area contributed by atoms with Gasteiger partial charge in [-0.25, -0.2) is 19.2 Å². The van der Waals surface area contributed by atoms with Crippen LogP contribution in [0.15, 0.2) is 18.2 Å². The van der Waals surface area contributed by atoms with Crippen molar-refractivity contribution in [3.05, 3.63) is 66.9 Å². The van der Waals surface area contributed by atoms with Crippen molar-refractivity contribution < 1.29 is 57.3 Å². The highest BCUT2D eigenvalue weighted by atomic mass is 32.1. The zero-order chi connectivity index (χ0) is 43.4. The number of ether oxygens (including phenoxy) is 4. The summed E-state index contributed by atoms with van der Waals surface area (Å²) >= 11 is 2.58. The van der Waals surface area contributed by atoms with E-state index in [1.807, 2.05) is 0 Å². The summed E-state index contributed by atoms with van der Waals surface area (Å²) in [4.78, 5) is 109. The number of hydrogen-bond acceptors (Lipinski definition) is 14. The van der Waals surface area contributed by atoms with Crippen LogP contribution in [-0.2, 0) is 59.0 Å². The minimum atomic E-state index is -1.40. The second-order valence-electron chi connectivity index (χ2n) is 15.7. The molecule has 2 aromatic heterocycles. The monoisotopic (exact) mass is 863 g/mol. The zero-order valence-electron chi connectivity index (χ0n) is 34.5. The molecule has 0 saturated heterocycles. The fourth-order valence-electron chi connectivity index (χ4n) is 7.71. The van der Waals surface area contributed by atoms with Gasteiger partial charge in [-0.05, 0) is 106 Å². The Labute approximate surface area is 355 Å². The molecular weight excluding hydrogens is 815 g/mol. The summed E-state index contributed by atoms with van der Waals surface area (Å²) in [6.45, 7) is 10.1. The van der Waals surface area contributed by atoms with Crippen molar-refractivity contribution in [3.63, 3.8) is 0 Å². The minimum Gasteiger partial charge on any atom is -0.462 e. The molecular formula is C43H49N3O12S2. The Morgan fingerprint density at radius 1 is 0.717 bits per heavy atom. The highest BCUT2D eigenvalue weighted by Gasteiger charge is 2.44. The number of nitrogens with zero attached hydrogens (tertiary/aromatic N) is 1. The highest BCUT2D eigenvalue weighted by Crippen LogP contribution is 2.41. The summed E-state index contributed by atoms with van der Waals surface area (Å²) in [5.41, 5.74) is 1.99. The lowest BCUT2D eigenvalue weighted by molar-refractivity contribution is -0.151. The van der Waals surface area contributed by atoms with Gasteiger partial charge in [-0.3, -0.25) is 24.1 Å². The van der Waals surface area contributed by atoms with Crippen molar-refractivity contribution in [1.82, 2.24) is 4.90 Å². The van der Waals surface area contributed by atoms with Gasteiger partial charge >= 0.3 is 23.9 Å². The van der Waals surface area contributed by atoms with Gasteiger partial charge in [0, 0.05) is 9.75 Å². The molecule has 3 heterocycles. The lowest BCUT2D eigenvalue weighted by Crippen LogP contribution is -2.46. The molecule has 60 heavy (non-hydrogen) atoms. The Bertz CT molecular complexity index is 2240. The molecule has 2 N–H and O–H groups in total. The lowest BCUT2D eigenvalue weighted by Gasteiger charge is -2.25. The molecule has 2 aliphatic carbocycles. The zero-order valence-corrected chi connectivity index (χ0v) is 36.1. The molecule has 3 atom stereocenters. The van der Waals surface area contributed by atoms with Gasteiger partial charge in [0.05, 0.1) is 41.0 Å². The molecule has 0 spiro atoms. The summed E-state index contributed by atoms with van der Waals surface area (Å²) in [7, 11) is 0. The number of carbonyl (C=O) groups excluding carboxylic acids is 8. The van der Waals surface area contributed by atoms with Crippen LogP contribution in [0.3, 0.4) is 0 Å². The minimum absolute atomic E-state index is 0.0168. The number of esters is 4. The summed E-state index contributed by atoms with van der Waals surface area (Å²) < 4.78 is 21.2. The number of nitrogens with one attached hydrogen (secondary N) is 2. The van der Waals surface area contributed by atoms with Crippen molar-refractivity contribution in [1.29, 1.82) is 0 Å². The maximum absolute atomic E-state index is 13.8. The Kier molecular flexibility index (Phi) is 13.9. The number of amides is 4. The number of imide groups is 1. The molecule has 0 saturated carbocycles. The molecule has 320 valence electrons. The van der Waals surface area contributed by atoms with E-state index in [1.165, 1.54) is 34.8 Å². The summed E-state index contributed by atoms with van der Waals surface area (Å²) in [6.07, 6.45) is 4.67. The normalized spacial score (nSPS) is 17.3. The van der Waals surface area contributed by atoms with Crippen LogP contribution in [0.2, 0.25) is 0 Å². The first kappa shape index (κ1) is 44.1. The van der Waals surface area contributed by atoms with E-state index < -0.39 is 66.8 Å². The molecule has 3 aromatic rings. The van der Waals surface area contributed by atoms with E-state index in [4.69, 9.17) is 18.9 Å². The van der Waals surface area contributed by atoms with Crippen molar-refractivity contribution in [2.75, 3.05) is 37.1 Å². The lowest BCUT2D eigenvalue weighted by atomic mass is 9.88. The molecule has 4 amide bonds. The van der Waals surface area contributed by atoms with E-state index in [2.05, 4.69) is 24.5 Å². The Morgan fingerprint density at radius 3 is 1.72 bits per heavy atom. The molecule has 0 radical (unpaired) electrons. The third-order valence-electron chi connectivity index (χ3n) is 10.6. The second kappa shape index (κ2) is 18.9. The van der Waals surface area contributed by atoms with E-state index in [-0.39, 0.29) is 42.2 Å². The maximum atomic E-state index is 13.8. The van der Waals surface area contributed by atoms with Crippen LogP contribution in [-0.4, -0.2) is 84.9 Å². The fraction of sp³-hybridized carbons (Fsp3) is 0.488. The molecule has 0 fully saturated rings. The number of carbonyl (C=O) groups is 8. The van der Waals surface area contributed by atoms with Gasteiger partial charge in [-0.2, -0.15) is 0 Å². The first-order valence-corrected chi connectivity index (χ1v) is 21.8. The molecule has 3 aliphatic rings. The summed E-state index contributed by atoms with van der Waals surface area (Å²) in [5, 5.41) is 6.01. The largest absolute Gasteiger partial charge is 0.462 e. The van der Waals surface area contributed by atoms with Crippen LogP contribution in [0.4, 0.5) is 10.0 Å². The van der Waals surface area contributed by atoms with Crippen molar-refractivity contribution in [2.45, 2.75) is 92.5 Å². The average molecular weight is 864 g/mol. The van der Waals surface area contributed by atoms with Gasteiger partial charge in [-0.1, -0.05) is 27.7 Å². The molecule has 1 aromatic carbocycles. The Balaban J connectivity index is 1.10. The quantitative estimate of drug-likeness (QED) is 0.0969. The van der Waals surface area contributed by atoms with Gasteiger partial charge in [0.1, 0.15) is 16.0 Å². The van der Waals surface area contributed by atoms with E-state index in [9.17, 15) is 38.4 Å². The first-order chi connectivity index (χ1) is 28.6. The number of thiophene rings is 2. The third kappa shape index (κ3) is 9.46. The fourth-order valence-corrected chi connectivity index (χ4v) is 10.5. The summed E-state index contributed by atoms with van der Waals surface area (Å²) in [5.74, 6) is -5.43. The number of hydrogen-bond donors (Lipinski definition) is 2. The topological polar surface area (TPSA) is 201 Å². The van der Waals surface area contributed by atoms with Crippen molar-refractivity contribution >= 4 is 80.2 Å². The summed E-state index contributed by atoms with van der Waals surface area (Å²) in [6, 6.07) is 2.30. The number of benzene rings is 1. The SMILES string of the molecule is CCOC(=O)c1c(NC(=O)COC(=O)c2ccc3c(c2)C(=O)N(C(CC(C)C)C(=O)OCC(=O)Nc2sc4c(c2C(=O)OCC)CCC(C)C4)C3=O)sc2c1CCC(C)C2. The van der Waals surface area contributed by atoms with Gasteiger partial charge in [0.2, 0.25) is 0 Å². The smallest absolute Gasteiger partial charge is 0.341 e.